The van der Waals surface area contributed by atoms with Gasteiger partial charge in [-0.2, -0.15) is 0 Å². The summed E-state index contributed by atoms with van der Waals surface area (Å²) in [7, 11) is 0. The highest BCUT2D eigenvalue weighted by Crippen LogP contribution is 2.33. The van der Waals surface area contributed by atoms with Gasteiger partial charge in [-0.3, -0.25) is 9.59 Å². The number of anilines is 1. The third kappa shape index (κ3) is 4.30. The Morgan fingerprint density at radius 2 is 1.85 bits per heavy atom. The fraction of sp³-hybridized carbons (Fsp3) is 0.364. The molecule has 0 bridgehead atoms. The Morgan fingerprint density at radius 3 is 2.52 bits per heavy atom. The molecule has 0 unspecified atom stereocenters. The van der Waals surface area contributed by atoms with E-state index in [1.165, 1.54) is 0 Å². The summed E-state index contributed by atoms with van der Waals surface area (Å²) in [6.45, 7) is 8.64. The van der Waals surface area contributed by atoms with Crippen molar-refractivity contribution < 1.29 is 14.3 Å². The van der Waals surface area contributed by atoms with Gasteiger partial charge in [-0.1, -0.05) is 32.0 Å². The van der Waals surface area contributed by atoms with Crippen LogP contribution in [0.2, 0.25) is 0 Å². The maximum absolute atomic E-state index is 12.3. The van der Waals surface area contributed by atoms with Crippen LogP contribution in [-0.2, 0) is 11.3 Å². The minimum atomic E-state index is -0.0778. The van der Waals surface area contributed by atoms with Crippen molar-refractivity contribution in [3.63, 3.8) is 0 Å². The molecule has 0 radical (unpaired) electrons. The van der Waals surface area contributed by atoms with Crippen molar-refractivity contribution >= 4 is 17.5 Å². The number of fused-ring (bicyclic) bond motifs is 1. The SMILES string of the molecule is Cc1ccc2c(c1)OCC(=O)N2Cc1ccc(C(=O)N[C@H](C)C(C)C)cc1. The van der Waals surface area contributed by atoms with Crippen LogP contribution in [0.4, 0.5) is 5.69 Å². The molecule has 142 valence electrons. The molecular formula is C22H26N2O3. The lowest BCUT2D eigenvalue weighted by atomic mass is 10.1. The lowest BCUT2D eigenvalue weighted by molar-refractivity contribution is -0.121. The van der Waals surface area contributed by atoms with E-state index in [9.17, 15) is 9.59 Å². The van der Waals surface area contributed by atoms with Gasteiger partial charge < -0.3 is 15.0 Å². The highest BCUT2D eigenvalue weighted by molar-refractivity contribution is 5.98. The second kappa shape index (κ2) is 7.82. The molecule has 2 amide bonds. The van der Waals surface area contributed by atoms with E-state index in [1.807, 2.05) is 44.2 Å². The maximum Gasteiger partial charge on any atom is 0.265 e. The van der Waals surface area contributed by atoms with Crippen LogP contribution in [0.15, 0.2) is 42.5 Å². The molecule has 0 aliphatic carbocycles. The van der Waals surface area contributed by atoms with Crippen molar-refractivity contribution in [2.24, 2.45) is 5.92 Å². The van der Waals surface area contributed by atoms with Gasteiger partial charge in [0.2, 0.25) is 0 Å². The molecule has 1 N–H and O–H groups in total. The van der Waals surface area contributed by atoms with Crippen molar-refractivity contribution in [2.45, 2.75) is 40.3 Å². The van der Waals surface area contributed by atoms with Crippen LogP contribution in [0.1, 0.15) is 42.3 Å². The minimum Gasteiger partial charge on any atom is -0.482 e. The molecular weight excluding hydrogens is 340 g/mol. The Morgan fingerprint density at radius 1 is 1.15 bits per heavy atom. The normalized spacial score (nSPS) is 14.6. The van der Waals surface area contributed by atoms with Gasteiger partial charge in [-0.15, -0.1) is 0 Å². The van der Waals surface area contributed by atoms with Gasteiger partial charge in [0.1, 0.15) is 5.75 Å². The number of nitrogens with zero attached hydrogens (tertiary/aromatic N) is 1. The van der Waals surface area contributed by atoms with Crippen LogP contribution in [0.25, 0.3) is 0 Å². The number of rotatable bonds is 5. The standard InChI is InChI=1S/C22H26N2O3/c1-14(2)16(4)23-22(26)18-8-6-17(7-9-18)12-24-19-10-5-15(3)11-20(19)27-13-21(24)25/h5-11,14,16H,12-13H2,1-4H3,(H,23,26)/t16-/m1/s1. The quantitative estimate of drug-likeness (QED) is 0.878. The molecule has 1 heterocycles. The maximum atomic E-state index is 12.3. The van der Waals surface area contributed by atoms with Crippen molar-refractivity contribution in [3.05, 3.63) is 59.2 Å². The van der Waals surface area contributed by atoms with Crippen molar-refractivity contribution in [1.82, 2.24) is 5.32 Å². The number of nitrogens with one attached hydrogen (secondary N) is 1. The molecule has 0 saturated heterocycles. The average molecular weight is 366 g/mol. The first-order valence-electron chi connectivity index (χ1n) is 9.29. The summed E-state index contributed by atoms with van der Waals surface area (Å²) in [6, 6.07) is 13.3. The minimum absolute atomic E-state index is 0.0457. The van der Waals surface area contributed by atoms with Crippen LogP contribution in [0, 0.1) is 12.8 Å². The van der Waals surface area contributed by atoms with Crippen LogP contribution in [0.5, 0.6) is 5.75 Å². The lowest BCUT2D eigenvalue weighted by Crippen LogP contribution is -2.38. The summed E-state index contributed by atoms with van der Waals surface area (Å²) in [5.74, 6) is 0.961. The molecule has 5 nitrogen and oxygen atoms in total. The Labute approximate surface area is 160 Å². The summed E-state index contributed by atoms with van der Waals surface area (Å²) in [4.78, 5) is 26.4. The summed E-state index contributed by atoms with van der Waals surface area (Å²) in [5.41, 5.74) is 3.46. The van der Waals surface area contributed by atoms with Crippen LogP contribution in [-0.4, -0.2) is 24.5 Å². The van der Waals surface area contributed by atoms with E-state index in [0.29, 0.717) is 18.0 Å². The molecule has 27 heavy (non-hydrogen) atoms. The third-order valence-corrected chi connectivity index (χ3v) is 4.97. The van der Waals surface area contributed by atoms with Gasteiger partial charge >= 0.3 is 0 Å². The molecule has 0 aromatic heterocycles. The van der Waals surface area contributed by atoms with E-state index in [-0.39, 0.29) is 24.5 Å². The first kappa shape index (κ1) is 19.0. The Bertz CT molecular complexity index is 843. The van der Waals surface area contributed by atoms with Crippen molar-refractivity contribution in [2.75, 3.05) is 11.5 Å². The van der Waals surface area contributed by atoms with Crippen molar-refractivity contribution in [1.29, 1.82) is 0 Å². The van der Waals surface area contributed by atoms with E-state index in [1.54, 1.807) is 17.0 Å². The van der Waals surface area contributed by atoms with E-state index in [4.69, 9.17) is 4.74 Å². The van der Waals surface area contributed by atoms with Crippen LogP contribution in [0.3, 0.4) is 0 Å². The topological polar surface area (TPSA) is 58.6 Å². The smallest absolute Gasteiger partial charge is 0.265 e. The van der Waals surface area contributed by atoms with Gasteiger partial charge in [0.15, 0.2) is 6.61 Å². The second-order valence-corrected chi connectivity index (χ2v) is 7.44. The summed E-state index contributed by atoms with van der Waals surface area (Å²) < 4.78 is 5.55. The second-order valence-electron chi connectivity index (χ2n) is 7.44. The molecule has 3 rings (SSSR count). The molecule has 0 fully saturated rings. The van der Waals surface area contributed by atoms with E-state index in [0.717, 1.165) is 22.6 Å². The molecule has 0 saturated carbocycles. The first-order valence-corrected chi connectivity index (χ1v) is 9.29. The molecule has 0 spiro atoms. The number of hydrogen-bond donors (Lipinski definition) is 1. The zero-order valence-corrected chi connectivity index (χ0v) is 16.3. The molecule has 1 aliphatic rings. The number of hydrogen-bond acceptors (Lipinski definition) is 3. The molecule has 5 heteroatoms. The Kier molecular flexibility index (Phi) is 5.49. The summed E-state index contributed by atoms with van der Waals surface area (Å²) >= 11 is 0. The zero-order valence-electron chi connectivity index (χ0n) is 16.3. The van der Waals surface area contributed by atoms with Gasteiger partial charge in [-0.05, 0) is 55.2 Å². The van der Waals surface area contributed by atoms with Gasteiger partial charge in [-0.25, -0.2) is 0 Å². The monoisotopic (exact) mass is 366 g/mol. The van der Waals surface area contributed by atoms with Crippen LogP contribution >= 0.6 is 0 Å². The van der Waals surface area contributed by atoms with E-state index in [2.05, 4.69) is 19.2 Å². The molecule has 2 aromatic rings. The highest BCUT2D eigenvalue weighted by Gasteiger charge is 2.25. The Hall–Kier alpha value is -2.82. The summed E-state index contributed by atoms with van der Waals surface area (Å²) in [5, 5.41) is 3.00. The molecule has 2 aromatic carbocycles. The number of ether oxygens (including phenoxy) is 1. The average Bonchev–Trinajstić information content (AvgIpc) is 2.64. The number of carbonyl (C=O) groups excluding carboxylic acids is 2. The number of carbonyl (C=O) groups is 2. The third-order valence-electron chi connectivity index (χ3n) is 4.97. The van der Waals surface area contributed by atoms with Crippen LogP contribution < -0.4 is 15.0 Å². The molecule has 1 atom stereocenters. The predicted molar refractivity (Wildman–Crippen MR) is 106 cm³/mol. The van der Waals surface area contributed by atoms with Gasteiger partial charge in [0.25, 0.3) is 11.8 Å². The van der Waals surface area contributed by atoms with E-state index >= 15 is 0 Å². The fourth-order valence-electron chi connectivity index (χ4n) is 2.89. The highest BCUT2D eigenvalue weighted by atomic mass is 16.5. The Balaban J connectivity index is 1.73. The fourth-order valence-corrected chi connectivity index (χ4v) is 2.89. The first-order chi connectivity index (χ1) is 12.8. The zero-order chi connectivity index (χ0) is 19.6. The largest absolute Gasteiger partial charge is 0.482 e. The predicted octanol–water partition coefficient (Wildman–Crippen LogP) is 3.69. The summed E-state index contributed by atoms with van der Waals surface area (Å²) in [6.07, 6.45) is 0. The number of benzene rings is 2. The van der Waals surface area contributed by atoms with Gasteiger partial charge in [0, 0.05) is 11.6 Å². The molecule has 1 aliphatic heterocycles. The van der Waals surface area contributed by atoms with Gasteiger partial charge in [0.05, 0.1) is 12.2 Å². The number of amides is 2. The van der Waals surface area contributed by atoms with E-state index < -0.39 is 0 Å². The van der Waals surface area contributed by atoms with Crippen molar-refractivity contribution in [3.8, 4) is 5.75 Å². The lowest BCUT2D eigenvalue weighted by Gasteiger charge is -2.29. The number of aryl methyl sites for hydroxylation is 1.